The summed E-state index contributed by atoms with van der Waals surface area (Å²) < 4.78 is 30.5. The Balaban J connectivity index is 2.36. The Kier molecular flexibility index (Phi) is 2.25. The fourth-order valence-corrected chi connectivity index (χ4v) is 1.57. The second kappa shape index (κ2) is 3.29. The predicted molar refractivity (Wildman–Crippen MR) is 45.7 cm³/mol. The van der Waals surface area contributed by atoms with Crippen molar-refractivity contribution in [2.24, 2.45) is 0 Å². The van der Waals surface area contributed by atoms with Crippen LogP contribution in [0.25, 0.3) is 0 Å². The molecule has 1 aromatic rings. The van der Waals surface area contributed by atoms with Crippen molar-refractivity contribution in [1.29, 1.82) is 0 Å². The van der Waals surface area contributed by atoms with Crippen molar-refractivity contribution in [2.45, 2.75) is 12.0 Å². The third kappa shape index (κ3) is 1.51. The summed E-state index contributed by atoms with van der Waals surface area (Å²) in [5.74, 6) is -1.85. The lowest BCUT2D eigenvalue weighted by molar-refractivity contribution is 0.0228. The standard InChI is InChI=1S/C10H10F2O2/c11-8-2-1-7(5-9(8)12)10(13)3-4-14-6-10/h1-2,5,13H,3-4,6H2. The van der Waals surface area contributed by atoms with E-state index in [2.05, 4.69) is 0 Å². The van der Waals surface area contributed by atoms with Gasteiger partial charge in [-0.1, -0.05) is 6.07 Å². The molecule has 0 radical (unpaired) electrons. The average Bonchev–Trinajstić information content (AvgIpc) is 2.58. The largest absolute Gasteiger partial charge is 0.383 e. The van der Waals surface area contributed by atoms with E-state index < -0.39 is 17.2 Å². The molecule has 2 nitrogen and oxygen atoms in total. The fraction of sp³-hybridized carbons (Fsp3) is 0.400. The number of rotatable bonds is 1. The molecule has 0 amide bonds. The minimum atomic E-state index is -1.16. The van der Waals surface area contributed by atoms with Crippen LogP contribution in [0.5, 0.6) is 0 Å². The molecule has 2 rings (SSSR count). The van der Waals surface area contributed by atoms with Crippen molar-refractivity contribution >= 4 is 0 Å². The summed E-state index contributed by atoms with van der Waals surface area (Å²) >= 11 is 0. The summed E-state index contributed by atoms with van der Waals surface area (Å²) in [6.45, 7) is 0.577. The number of benzene rings is 1. The SMILES string of the molecule is OC1(c2ccc(F)c(F)c2)CCOC1. The van der Waals surface area contributed by atoms with Gasteiger partial charge in [0.05, 0.1) is 6.61 Å². The molecule has 1 aliphatic heterocycles. The molecule has 1 N–H and O–H groups in total. The summed E-state index contributed by atoms with van der Waals surface area (Å²) in [4.78, 5) is 0. The van der Waals surface area contributed by atoms with Crippen LogP contribution >= 0.6 is 0 Å². The number of aliphatic hydroxyl groups is 1. The molecule has 0 bridgehead atoms. The van der Waals surface area contributed by atoms with Gasteiger partial charge in [0.15, 0.2) is 11.6 Å². The van der Waals surface area contributed by atoms with Crippen LogP contribution in [0.1, 0.15) is 12.0 Å². The van der Waals surface area contributed by atoms with Crippen LogP contribution in [-0.4, -0.2) is 18.3 Å². The lowest BCUT2D eigenvalue weighted by atomic mass is 9.93. The first kappa shape index (κ1) is 9.55. The molecule has 0 spiro atoms. The van der Waals surface area contributed by atoms with E-state index in [1.165, 1.54) is 6.07 Å². The van der Waals surface area contributed by atoms with Crippen molar-refractivity contribution in [1.82, 2.24) is 0 Å². The van der Waals surface area contributed by atoms with Crippen LogP contribution in [0, 0.1) is 11.6 Å². The second-order valence-corrected chi connectivity index (χ2v) is 3.46. The molecular formula is C10H10F2O2. The van der Waals surface area contributed by atoms with Gasteiger partial charge in [0.25, 0.3) is 0 Å². The molecule has 0 aliphatic carbocycles. The molecule has 1 unspecified atom stereocenters. The van der Waals surface area contributed by atoms with E-state index in [1.54, 1.807) is 0 Å². The molecule has 1 saturated heterocycles. The van der Waals surface area contributed by atoms with E-state index in [1.807, 2.05) is 0 Å². The zero-order chi connectivity index (χ0) is 10.2. The summed E-state index contributed by atoms with van der Waals surface area (Å²) in [6.07, 6.45) is 0.415. The second-order valence-electron chi connectivity index (χ2n) is 3.46. The van der Waals surface area contributed by atoms with Crippen LogP contribution in [0.4, 0.5) is 8.78 Å². The smallest absolute Gasteiger partial charge is 0.159 e. The molecule has 1 heterocycles. The van der Waals surface area contributed by atoms with Gasteiger partial charge in [0.1, 0.15) is 5.60 Å². The molecule has 0 saturated carbocycles. The Morgan fingerprint density at radius 2 is 2.07 bits per heavy atom. The van der Waals surface area contributed by atoms with Crippen molar-refractivity contribution < 1.29 is 18.6 Å². The van der Waals surface area contributed by atoms with Gasteiger partial charge in [0.2, 0.25) is 0 Å². The van der Waals surface area contributed by atoms with Crippen LogP contribution in [0.2, 0.25) is 0 Å². The normalized spacial score (nSPS) is 26.8. The minimum absolute atomic E-state index is 0.137. The zero-order valence-corrected chi connectivity index (χ0v) is 7.46. The molecule has 4 heteroatoms. The quantitative estimate of drug-likeness (QED) is 0.745. The maximum Gasteiger partial charge on any atom is 0.159 e. The van der Waals surface area contributed by atoms with Crippen LogP contribution in [-0.2, 0) is 10.3 Å². The van der Waals surface area contributed by atoms with E-state index in [4.69, 9.17) is 4.74 Å². The minimum Gasteiger partial charge on any atom is -0.383 e. The Morgan fingerprint density at radius 1 is 1.29 bits per heavy atom. The van der Waals surface area contributed by atoms with E-state index in [-0.39, 0.29) is 6.61 Å². The average molecular weight is 200 g/mol. The molecule has 1 atom stereocenters. The highest BCUT2D eigenvalue weighted by Gasteiger charge is 2.34. The number of halogens is 2. The highest BCUT2D eigenvalue weighted by Crippen LogP contribution is 2.30. The first-order valence-corrected chi connectivity index (χ1v) is 4.37. The van der Waals surface area contributed by atoms with E-state index in [0.29, 0.717) is 18.6 Å². The van der Waals surface area contributed by atoms with Crippen molar-refractivity contribution in [3.05, 3.63) is 35.4 Å². The van der Waals surface area contributed by atoms with Gasteiger partial charge in [-0.15, -0.1) is 0 Å². The molecule has 1 fully saturated rings. The van der Waals surface area contributed by atoms with E-state index in [0.717, 1.165) is 12.1 Å². The van der Waals surface area contributed by atoms with Gasteiger partial charge in [-0.3, -0.25) is 0 Å². The summed E-state index contributed by atoms with van der Waals surface area (Å²) in [5.41, 5.74) is -0.789. The van der Waals surface area contributed by atoms with Crippen LogP contribution in [0.3, 0.4) is 0 Å². The van der Waals surface area contributed by atoms with E-state index >= 15 is 0 Å². The third-order valence-electron chi connectivity index (χ3n) is 2.46. The zero-order valence-electron chi connectivity index (χ0n) is 7.46. The first-order valence-electron chi connectivity index (χ1n) is 4.37. The Morgan fingerprint density at radius 3 is 2.64 bits per heavy atom. The highest BCUT2D eigenvalue weighted by atomic mass is 19.2. The number of hydrogen-bond donors (Lipinski definition) is 1. The van der Waals surface area contributed by atoms with Crippen LogP contribution in [0.15, 0.2) is 18.2 Å². The molecule has 76 valence electrons. The van der Waals surface area contributed by atoms with Crippen molar-refractivity contribution in [3.63, 3.8) is 0 Å². The molecule has 0 aromatic heterocycles. The number of hydrogen-bond acceptors (Lipinski definition) is 2. The lowest BCUT2D eigenvalue weighted by Gasteiger charge is -2.20. The maximum absolute atomic E-state index is 12.9. The highest BCUT2D eigenvalue weighted by molar-refractivity contribution is 5.25. The summed E-state index contributed by atoms with van der Waals surface area (Å²) in [5, 5.41) is 9.96. The number of ether oxygens (including phenoxy) is 1. The van der Waals surface area contributed by atoms with Gasteiger partial charge in [0, 0.05) is 13.0 Å². The summed E-state index contributed by atoms with van der Waals surface area (Å²) in [7, 11) is 0. The van der Waals surface area contributed by atoms with Crippen LogP contribution < -0.4 is 0 Å². The lowest BCUT2D eigenvalue weighted by Crippen LogP contribution is -2.25. The Bertz CT molecular complexity index is 346. The first-order chi connectivity index (χ1) is 6.62. The van der Waals surface area contributed by atoms with Gasteiger partial charge in [-0.2, -0.15) is 0 Å². The van der Waals surface area contributed by atoms with Gasteiger partial charge in [-0.25, -0.2) is 8.78 Å². The molecule has 14 heavy (non-hydrogen) atoms. The van der Waals surface area contributed by atoms with Crippen molar-refractivity contribution in [3.8, 4) is 0 Å². The van der Waals surface area contributed by atoms with Crippen molar-refractivity contribution in [2.75, 3.05) is 13.2 Å². The van der Waals surface area contributed by atoms with Gasteiger partial charge in [-0.05, 0) is 17.7 Å². The Hall–Kier alpha value is -1.00. The maximum atomic E-state index is 12.9. The molecule has 1 aliphatic rings. The van der Waals surface area contributed by atoms with Gasteiger partial charge >= 0.3 is 0 Å². The topological polar surface area (TPSA) is 29.5 Å². The Labute approximate surface area is 80.1 Å². The summed E-state index contributed by atoms with van der Waals surface area (Å²) in [6, 6.07) is 3.41. The monoisotopic (exact) mass is 200 g/mol. The van der Waals surface area contributed by atoms with Gasteiger partial charge < -0.3 is 9.84 Å². The van der Waals surface area contributed by atoms with E-state index in [9.17, 15) is 13.9 Å². The molecular weight excluding hydrogens is 190 g/mol. The molecule has 1 aromatic carbocycles. The third-order valence-corrected chi connectivity index (χ3v) is 2.46. The fourth-order valence-electron chi connectivity index (χ4n) is 1.57. The predicted octanol–water partition coefficient (Wildman–Crippen LogP) is 1.57.